The van der Waals surface area contributed by atoms with Crippen molar-refractivity contribution in [3.63, 3.8) is 0 Å². The quantitative estimate of drug-likeness (QED) is 0.463. The zero-order valence-electron chi connectivity index (χ0n) is 18.3. The first-order chi connectivity index (χ1) is 15.8. The Morgan fingerprint density at radius 1 is 1.28 bits per heavy atom. The van der Waals surface area contributed by atoms with E-state index in [1.54, 1.807) is 49.2 Å². The van der Waals surface area contributed by atoms with E-state index in [0.717, 1.165) is 0 Å². The molecule has 12 heteroatoms. The number of aryl methyl sites for hydroxylation is 1. The molecule has 0 saturated carbocycles. The van der Waals surface area contributed by atoms with Gasteiger partial charge < -0.3 is 15.0 Å². The number of nitrogens with zero attached hydrogens (tertiary/aromatic N) is 9. The minimum absolute atomic E-state index is 0.0137. The lowest BCUT2D eigenvalue weighted by molar-refractivity contribution is -0.143. The molecular weight excluding hydrogens is 412 g/mol. The van der Waals surface area contributed by atoms with Gasteiger partial charge in [-0.25, -0.2) is 14.6 Å². The highest BCUT2D eigenvalue weighted by Crippen LogP contribution is 2.31. The molecule has 1 saturated heterocycles. The number of hydrogen-bond acceptors (Lipinski definition) is 8. The Morgan fingerprint density at radius 2 is 2.16 bits per heavy atom. The molecule has 0 aliphatic carbocycles. The van der Waals surface area contributed by atoms with E-state index in [9.17, 15) is 9.90 Å². The number of rotatable bonds is 4. The van der Waals surface area contributed by atoms with Gasteiger partial charge >= 0.3 is 0 Å². The molecule has 162 valence electrons. The van der Waals surface area contributed by atoms with Crippen LogP contribution in [0.5, 0.6) is 0 Å². The van der Waals surface area contributed by atoms with E-state index in [1.807, 2.05) is 0 Å². The van der Waals surface area contributed by atoms with E-state index >= 15 is 0 Å². The molecule has 1 aliphatic heterocycles. The van der Waals surface area contributed by atoms with Crippen LogP contribution in [-0.2, 0) is 17.4 Å². The fourth-order valence-corrected chi connectivity index (χ4v) is 3.46. The summed E-state index contributed by atoms with van der Waals surface area (Å²) >= 11 is 0. The lowest BCUT2D eigenvalue weighted by Crippen LogP contribution is -2.36. The maximum absolute atomic E-state index is 12.3. The summed E-state index contributed by atoms with van der Waals surface area (Å²) in [6.07, 6.45) is 3.52. The molecule has 5 heterocycles. The Kier molecular flexibility index (Phi) is 4.35. The third-order valence-electron chi connectivity index (χ3n) is 5.22. The maximum Gasteiger partial charge on any atom is 0.260 e. The molecule has 2 N–H and O–H groups in total. The number of aromatic amines is 1. The highest BCUT2D eigenvalue weighted by Gasteiger charge is 2.47. The van der Waals surface area contributed by atoms with Gasteiger partial charge in [-0.2, -0.15) is 10.1 Å². The van der Waals surface area contributed by atoms with Crippen molar-refractivity contribution in [1.82, 2.24) is 44.6 Å². The molecule has 0 spiro atoms. The SMILES string of the molecule is [2H]c1cc(-c2cccc(-n3cc([C@]4(O)CCN(C)C4=O)nn3)n2)[nH]c(=Nc2ccn(C)n2)n1. The number of carbonyl (C=O) groups is 1. The van der Waals surface area contributed by atoms with E-state index in [4.69, 9.17) is 1.37 Å². The van der Waals surface area contributed by atoms with Crippen LogP contribution in [0.3, 0.4) is 0 Å². The van der Waals surface area contributed by atoms with Gasteiger partial charge in [0.05, 0.1) is 19.0 Å². The fourth-order valence-electron chi connectivity index (χ4n) is 3.46. The number of pyridine rings is 1. The van der Waals surface area contributed by atoms with Gasteiger partial charge in [0.25, 0.3) is 5.91 Å². The largest absolute Gasteiger partial charge is 0.374 e. The van der Waals surface area contributed by atoms with Crippen molar-refractivity contribution >= 4 is 11.7 Å². The van der Waals surface area contributed by atoms with Gasteiger partial charge in [-0.05, 0) is 18.2 Å². The Bertz CT molecular complexity index is 1420. The summed E-state index contributed by atoms with van der Waals surface area (Å²) in [5.74, 6) is 0.475. The molecule has 1 fully saturated rings. The Hall–Kier alpha value is -4.19. The molecule has 4 aromatic heterocycles. The van der Waals surface area contributed by atoms with E-state index in [2.05, 4.69) is 35.4 Å². The van der Waals surface area contributed by atoms with E-state index in [0.29, 0.717) is 29.6 Å². The second-order valence-electron chi connectivity index (χ2n) is 7.47. The van der Waals surface area contributed by atoms with Crippen LogP contribution in [0, 0.1) is 0 Å². The van der Waals surface area contributed by atoms with E-state index in [-0.39, 0.29) is 23.9 Å². The van der Waals surface area contributed by atoms with Crippen LogP contribution in [-0.4, -0.2) is 69.2 Å². The Balaban J connectivity index is 1.49. The normalized spacial score (nSPS) is 19.6. The summed E-state index contributed by atoms with van der Waals surface area (Å²) in [5.41, 5.74) is -0.251. The van der Waals surface area contributed by atoms with Crippen LogP contribution in [0.15, 0.2) is 53.9 Å². The van der Waals surface area contributed by atoms with Gasteiger partial charge in [0.1, 0.15) is 5.69 Å². The number of nitrogens with one attached hydrogen (secondary N) is 1. The first-order valence-electron chi connectivity index (χ1n) is 10.3. The van der Waals surface area contributed by atoms with Crippen LogP contribution in [0.25, 0.3) is 17.2 Å². The summed E-state index contributed by atoms with van der Waals surface area (Å²) in [4.78, 5) is 29.9. The lowest BCUT2D eigenvalue weighted by atomic mass is 9.99. The van der Waals surface area contributed by atoms with Crippen LogP contribution in [0.1, 0.15) is 13.5 Å². The van der Waals surface area contributed by atoms with Crippen molar-refractivity contribution in [2.75, 3.05) is 13.6 Å². The summed E-state index contributed by atoms with van der Waals surface area (Å²) in [6, 6.07) is 8.52. The average molecular weight is 433 g/mol. The summed E-state index contributed by atoms with van der Waals surface area (Å²) < 4.78 is 11.0. The molecule has 1 atom stereocenters. The molecule has 12 nitrogen and oxygen atoms in total. The van der Waals surface area contributed by atoms with Crippen LogP contribution < -0.4 is 5.62 Å². The highest BCUT2D eigenvalue weighted by molar-refractivity contribution is 5.87. The molecule has 5 rings (SSSR count). The second-order valence-corrected chi connectivity index (χ2v) is 7.47. The van der Waals surface area contributed by atoms with Gasteiger partial charge in [0, 0.05) is 45.5 Å². The van der Waals surface area contributed by atoms with E-state index < -0.39 is 11.5 Å². The number of likely N-dealkylation sites (tertiary alicyclic amines) is 1. The number of H-pyrrole nitrogens is 1. The second kappa shape index (κ2) is 7.50. The molecule has 0 radical (unpaired) electrons. The van der Waals surface area contributed by atoms with Gasteiger partial charge in [-0.1, -0.05) is 11.3 Å². The molecule has 0 unspecified atom stereocenters. The average Bonchev–Trinajstić information content (AvgIpc) is 3.51. The number of aromatic nitrogens is 8. The van der Waals surface area contributed by atoms with Crippen molar-refractivity contribution in [1.29, 1.82) is 0 Å². The van der Waals surface area contributed by atoms with Crippen molar-refractivity contribution < 1.29 is 11.3 Å². The fraction of sp³-hybridized carbons (Fsp3) is 0.250. The summed E-state index contributed by atoms with van der Waals surface area (Å²) in [5, 5.41) is 23.1. The number of likely N-dealkylation sites (N-methyl/N-ethyl adjacent to an activating group) is 1. The third-order valence-corrected chi connectivity index (χ3v) is 5.22. The molecule has 0 aromatic carbocycles. The third kappa shape index (κ3) is 3.46. The van der Waals surface area contributed by atoms with Crippen LogP contribution in [0.4, 0.5) is 5.82 Å². The number of hydrogen-bond donors (Lipinski definition) is 2. The molecule has 4 aromatic rings. The predicted octanol–water partition coefficient (Wildman–Crippen LogP) is 0.0680. The van der Waals surface area contributed by atoms with Crippen molar-refractivity contribution in [3.8, 4) is 17.2 Å². The number of aliphatic hydroxyl groups is 1. The van der Waals surface area contributed by atoms with Crippen molar-refractivity contribution in [2.45, 2.75) is 12.0 Å². The molecule has 0 bridgehead atoms. The van der Waals surface area contributed by atoms with Gasteiger partial charge in [0.2, 0.25) is 5.62 Å². The monoisotopic (exact) mass is 433 g/mol. The summed E-state index contributed by atoms with van der Waals surface area (Å²) in [7, 11) is 3.42. The first kappa shape index (κ1) is 18.6. The topological polar surface area (TPSA) is 143 Å². The smallest absolute Gasteiger partial charge is 0.260 e. The lowest BCUT2D eigenvalue weighted by Gasteiger charge is -2.17. The standard InChI is InChI=1S/C20H20N10O2/c1-28-11-8-20(32,18(28)31)15-12-30(27-25-15)17-5-3-4-13(22-17)14-6-9-21-19(23-14)24-16-7-10-29(2)26-16/h3-7,9-10,12,32H,8,11H2,1-2H3,(H,21,23,24,26)/t20-/m1/s1/i9D. The number of amides is 1. The molecule has 1 amide bonds. The minimum atomic E-state index is -1.69. The summed E-state index contributed by atoms with van der Waals surface area (Å²) in [6.45, 7) is 0.440. The van der Waals surface area contributed by atoms with Gasteiger partial charge in [0.15, 0.2) is 17.2 Å². The van der Waals surface area contributed by atoms with Gasteiger partial charge in [-0.15, -0.1) is 5.10 Å². The van der Waals surface area contributed by atoms with Crippen molar-refractivity contribution in [3.05, 3.63) is 60.2 Å². The van der Waals surface area contributed by atoms with Gasteiger partial charge in [-0.3, -0.25) is 9.48 Å². The minimum Gasteiger partial charge on any atom is -0.374 e. The zero-order chi connectivity index (χ0) is 23.2. The highest BCUT2D eigenvalue weighted by atomic mass is 16.3. The number of carbonyl (C=O) groups excluding carboxylic acids is 1. The molecule has 32 heavy (non-hydrogen) atoms. The van der Waals surface area contributed by atoms with E-state index in [1.165, 1.54) is 21.8 Å². The maximum atomic E-state index is 12.3. The van der Waals surface area contributed by atoms with Crippen LogP contribution >= 0.6 is 0 Å². The Labute approximate surface area is 183 Å². The first-order valence-corrected chi connectivity index (χ1v) is 9.83. The Morgan fingerprint density at radius 3 is 2.91 bits per heavy atom. The predicted molar refractivity (Wildman–Crippen MR) is 111 cm³/mol. The molecule has 1 aliphatic rings. The van der Waals surface area contributed by atoms with Crippen molar-refractivity contribution in [2.24, 2.45) is 12.0 Å². The molecular formula is C20H20N10O2. The zero-order valence-corrected chi connectivity index (χ0v) is 17.3. The van der Waals surface area contributed by atoms with Crippen LogP contribution in [0.2, 0.25) is 0 Å².